The van der Waals surface area contributed by atoms with Crippen molar-refractivity contribution >= 4 is 5.69 Å². The van der Waals surface area contributed by atoms with Gasteiger partial charge in [-0.1, -0.05) is 12.1 Å². The first-order chi connectivity index (χ1) is 7.79. The molecule has 0 amide bonds. The van der Waals surface area contributed by atoms with Crippen molar-refractivity contribution in [2.24, 2.45) is 5.73 Å². The maximum atomic E-state index is 8.89. The summed E-state index contributed by atoms with van der Waals surface area (Å²) in [5, 5.41) is 8.89. The second-order valence-electron chi connectivity index (χ2n) is 4.51. The minimum absolute atomic E-state index is 0.0495. The van der Waals surface area contributed by atoms with Crippen molar-refractivity contribution < 1.29 is 5.11 Å². The summed E-state index contributed by atoms with van der Waals surface area (Å²) in [4.78, 5) is 2.41. The van der Waals surface area contributed by atoms with Crippen LogP contribution in [0, 0.1) is 0 Å². The van der Waals surface area contributed by atoms with Gasteiger partial charge in [0.2, 0.25) is 0 Å². The van der Waals surface area contributed by atoms with Crippen LogP contribution in [0.1, 0.15) is 18.4 Å². The van der Waals surface area contributed by atoms with Crippen LogP contribution in [0.25, 0.3) is 0 Å². The van der Waals surface area contributed by atoms with Crippen molar-refractivity contribution in [3.05, 3.63) is 29.8 Å². The highest BCUT2D eigenvalue weighted by Gasteiger charge is 2.11. The highest BCUT2D eigenvalue weighted by atomic mass is 16.3. The molecule has 1 aliphatic heterocycles. The average molecular weight is 220 g/mol. The fourth-order valence-electron chi connectivity index (χ4n) is 2.19. The highest BCUT2D eigenvalue weighted by Crippen LogP contribution is 2.20. The number of aliphatic hydroxyl groups is 1. The van der Waals surface area contributed by atoms with Crippen molar-refractivity contribution in [2.75, 3.05) is 24.6 Å². The average Bonchev–Trinajstić information content (AvgIpc) is 2.83. The molecule has 1 fully saturated rings. The lowest BCUT2D eigenvalue weighted by molar-refractivity contribution is 0.265. The van der Waals surface area contributed by atoms with Crippen molar-refractivity contribution in [3.8, 4) is 0 Å². The van der Waals surface area contributed by atoms with Gasteiger partial charge in [0.15, 0.2) is 0 Å². The van der Waals surface area contributed by atoms with Gasteiger partial charge < -0.3 is 15.7 Å². The molecule has 0 aliphatic carbocycles. The monoisotopic (exact) mass is 220 g/mol. The van der Waals surface area contributed by atoms with E-state index in [1.165, 1.54) is 37.2 Å². The summed E-state index contributed by atoms with van der Waals surface area (Å²) in [7, 11) is 0. The number of hydrogen-bond donors (Lipinski definition) is 2. The summed E-state index contributed by atoms with van der Waals surface area (Å²) in [5.74, 6) is 0. The third-order valence-corrected chi connectivity index (χ3v) is 3.14. The van der Waals surface area contributed by atoms with Crippen LogP contribution in [-0.2, 0) is 6.42 Å². The molecule has 88 valence electrons. The predicted octanol–water partition coefficient (Wildman–Crippen LogP) is 1.15. The fourth-order valence-corrected chi connectivity index (χ4v) is 2.19. The van der Waals surface area contributed by atoms with Gasteiger partial charge in [-0.15, -0.1) is 0 Å². The lowest BCUT2D eigenvalue weighted by Crippen LogP contribution is -2.26. The van der Waals surface area contributed by atoms with Crippen LogP contribution in [0.15, 0.2) is 24.3 Å². The molecule has 1 heterocycles. The quantitative estimate of drug-likeness (QED) is 0.800. The Hall–Kier alpha value is -1.06. The molecule has 1 saturated heterocycles. The Kier molecular flexibility index (Phi) is 3.80. The number of nitrogens with zero attached hydrogens (tertiary/aromatic N) is 1. The van der Waals surface area contributed by atoms with E-state index < -0.39 is 0 Å². The van der Waals surface area contributed by atoms with Crippen LogP contribution in [0.3, 0.4) is 0 Å². The van der Waals surface area contributed by atoms with E-state index in [0.29, 0.717) is 0 Å². The summed E-state index contributed by atoms with van der Waals surface area (Å²) in [5.41, 5.74) is 8.21. The maximum Gasteiger partial charge on any atom is 0.0585 e. The lowest BCUT2D eigenvalue weighted by atomic mass is 10.1. The van der Waals surface area contributed by atoms with Gasteiger partial charge in [-0.2, -0.15) is 0 Å². The van der Waals surface area contributed by atoms with Gasteiger partial charge in [0.1, 0.15) is 0 Å². The van der Waals surface area contributed by atoms with E-state index in [-0.39, 0.29) is 12.6 Å². The van der Waals surface area contributed by atoms with Gasteiger partial charge >= 0.3 is 0 Å². The number of rotatable bonds is 4. The second-order valence-corrected chi connectivity index (χ2v) is 4.51. The molecule has 0 radical (unpaired) electrons. The van der Waals surface area contributed by atoms with Gasteiger partial charge in [0.05, 0.1) is 6.61 Å². The first-order valence-corrected chi connectivity index (χ1v) is 6.00. The predicted molar refractivity (Wildman–Crippen MR) is 66.7 cm³/mol. The minimum Gasteiger partial charge on any atom is -0.395 e. The first-order valence-electron chi connectivity index (χ1n) is 6.00. The van der Waals surface area contributed by atoms with Crippen molar-refractivity contribution in [1.82, 2.24) is 0 Å². The van der Waals surface area contributed by atoms with E-state index in [1.54, 1.807) is 0 Å². The summed E-state index contributed by atoms with van der Waals surface area (Å²) < 4.78 is 0. The molecule has 0 saturated carbocycles. The first kappa shape index (κ1) is 11.4. The van der Waals surface area contributed by atoms with Crippen molar-refractivity contribution in [2.45, 2.75) is 25.3 Å². The van der Waals surface area contributed by atoms with Crippen LogP contribution in [0.2, 0.25) is 0 Å². The number of aliphatic hydroxyl groups excluding tert-OH is 1. The van der Waals surface area contributed by atoms with Gasteiger partial charge in [-0.3, -0.25) is 0 Å². The van der Waals surface area contributed by atoms with Crippen LogP contribution < -0.4 is 10.6 Å². The fraction of sp³-hybridized carbons (Fsp3) is 0.538. The van der Waals surface area contributed by atoms with E-state index in [0.717, 1.165) is 6.42 Å². The Labute approximate surface area is 96.9 Å². The van der Waals surface area contributed by atoms with E-state index in [2.05, 4.69) is 29.2 Å². The minimum atomic E-state index is -0.141. The smallest absolute Gasteiger partial charge is 0.0585 e. The molecule has 1 unspecified atom stereocenters. The van der Waals surface area contributed by atoms with E-state index in [1.807, 2.05) is 0 Å². The number of anilines is 1. The molecule has 16 heavy (non-hydrogen) atoms. The summed E-state index contributed by atoms with van der Waals surface area (Å²) in [6, 6.07) is 8.40. The Morgan fingerprint density at radius 2 is 1.81 bits per heavy atom. The molecule has 3 nitrogen and oxygen atoms in total. The van der Waals surface area contributed by atoms with Crippen LogP contribution in [0.5, 0.6) is 0 Å². The maximum absolute atomic E-state index is 8.89. The molecule has 3 N–H and O–H groups in total. The molecule has 0 spiro atoms. The number of nitrogens with two attached hydrogens (primary N) is 1. The van der Waals surface area contributed by atoms with Gasteiger partial charge in [-0.05, 0) is 37.0 Å². The van der Waals surface area contributed by atoms with E-state index in [4.69, 9.17) is 10.8 Å². The molecule has 2 rings (SSSR count). The topological polar surface area (TPSA) is 49.5 Å². The second kappa shape index (κ2) is 5.32. The third-order valence-electron chi connectivity index (χ3n) is 3.14. The summed E-state index contributed by atoms with van der Waals surface area (Å²) in [6.07, 6.45) is 3.35. The molecule has 0 bridgehead atoms. The zero-order chi connectivity index (χ0) is 11.4. The zero-order valence-corrected chi connectivity index (χ0v) is 9.60. The van der Waals surface area contributed by atoms with Crippen LogP contribution >= 0.6 is 0 Å². The molecular weight excluding hydrogens is 200 g/mol. The molecule has 1 aromatic rings. The van der Waals surface area contributed by atoms with Crippen molar-refractivity contribution in [1.29, 1.82) is 0 Å². The SMILES string of the molecule is NC(CO)Cc1ccc(N2CCCC2)cc1. The summed E-state index contributed by atoms with van der Waals surface area (Å²) >= 11 is 0. The number of hydrogen-bond acceptors (Lipinski definition) is 3. The van der Waals surface area contributed by atoms with Crippen molar-refractivity contribution in [3.63, 3.8) is 0 Å². The molecule has 1 aliphatic rings. The Bertz CT molecular complexity index is 317. The molecule has 1 aromatic carbocycles. The van der Waals surface area contributed by atoms with Crippen LogP contribution in [0.4, 0.5) is 5.69 Å². The normalized spacial score (nSPS) is 17.8. The van der Waals surface area contributed by atoms with Gasteiger partial charge in [0, 0.05) is 24.8 Å². The molecule has 3 heteroatoms. The third kappa shape index (κ3) is 2.74. The van der Waals surface area contributed by atoms with E-state index in [9.17, 15) is 0 Å². The molecular formula is C13H20N2O. The summed E-state index contributed by atoms with van der Waals surface area (Å²) in [6.45, 7) is 2.40. The number of benzene rings is 1. The highest BCUT2D eigenvalue weighted by molar-refractivity contribution is 5.48. The Balaban J connectivity index is 1.98. The molecule has 1 atom stereocenters. The van der Waals surface area contributed by atoms with Crippen LogP contribution in [-0.4, -0.2) is 30.8 Å². The van der Waals surface area contributed by atoms with E-state index >= 15 is 0 Å². The Morgan fingerprint density at radius 3 is 2.38 bits per heavy atom. The standard InChI is InChI=1S/C13H20N2O/c14-12(10-16)9-11-3-5-13(6-4-11)15-7-1-2-8-15/h3-6,12,16H,1-2,7-10,14H2. The Morgan fingerprint density at radius 1 is 1.19 bits per heavy atom. The van der Waals surface area contributed by atoms with Gasteiger partial charge in [-0.25, -0.2) is 0 Å². The lowest BCUT2D eigenvalue weighted by Gasteiger charge is -2.18. The van der Waals surface area contributed by atoms with Gasteiger partial charge in [0.25, 0.3) is 0 Å². The molecule has 0 aromatic heterocycles. The zero-order valence-electron chi connectivity index (χ0n) is 9.60. The largest absolute Gasteiger partial charge is 0.395 e.